The number of nitrogens with one attached hydrogen (secondary N) is 2. The topological polar surface area (TPSA) is 81.8 Å². The number of benzene rings is 2. The normalized spacial score (nSPS) is 15.8. The maximum atomic E-state index is 12.4. The smallest absolute Gasteiger partial charge is 0.261 e. The van der Waals surface area contributed by atoms with Crippen molar-refractivity contribution in [3.8, 4) is 0 Å². The second-order valence-corrected chi connectivity index (χ2v) is 8.94. The Labute approximate surface area is 172 Å². The van der Waals surface area contributed by atoms with E-state index in [0.717, 1.165) is 39.1 Å². The molecule has 0 atom stereocenters. The van der Waals surface area contributed by atoms with Crippen molar-refractivity contribution in [1.29, 1.82) is 0 Å². The van der Waals surface area contributed by atoms with Crippen LogP contribution in [0.15, 0.2) is 59.5 Å². The summed E-state index contributed by atoms with van der Waals surface area (Å²) in [4.78, 5) is 17.3. The lowest BCUT2D eigenvalue weighted by Gasteiger charge is -2.32. The number of carbonyl (C=O) groups excluding carboxylic acids is 1. The number of hydrogen-bond acceptors (Lipinski definition) is 5. The average molecular weight is 417 g/mol. The van der Waals surface area contributed by atoms with Gasteiger partial charge < -0.3 is 15.1 Å². The Kier molecular flexibility index (Phi) is 7.24. The molecule has 0 spiro atoms. The van der Waals surface area contributed by atoms with Crippen LogP contribution >= 0.6 is 0 Å². The summed E-state index contributed by atoms with van der Waals surface area (Å²) in [6.45, 7) is 5.84. The molecule has 7 nitrogen and oxygen atoms in total. The number of carbonyl (C=O) groups is 1. The fourth-order valence-corrected chi connectivity index (χ4v) is 4.29. The van der Waals surface area contributed by atoms with Gasteiger partial charge in [0.2, 0.25) is 0 Å². The average Bonchev–Trinajstić information content (AvgIpc) is 2.73. The summed E-state index contributed by atoms with van der Waals surface area (Å²) >= 11 is 0. The minimum absolute atomic E-state index is 0.179. The Bertz CT molecular complexity index is 911. The van der Waals surface area contributed by atoms with Gasteiger partial charge in [0.1, 0.15) is 0 Å². The van der Waals surface area contributed by atoms with Crippen LogP contribution in [0.1, 0.15) is 16.8 Å². The van der Waals surface area contributed by atoms with Gasteiger partial charge in [0.25, 0.3) is 15.9 Å². The van der Waals surface area contributed by atoms with Crippen LogP contribution in [0.5, 0.6) is 0 Å². The highest BCUT2D eigenvalue weighted by molar-refractivity contribution is 7.92. The maximum Gasteiger partial charge on any atom is 0.261 e. The summed E-state index contributed by atoms with van der Waals surface area (Å²) in [6, 6.07) is 14.7. The third kappa shape index (κ3) is 6.28. The number of piperazine rings is 1. The van der Waals surface area contributed by atoms with Crippen LogP contribution in [0.4, 0.5) is 5.69 Å². The van der Waals surface area contributed by atoms with E-state index < -0.39 is 10.0 Å². The Morgan fingerprint density at radius 1 is 1.00 bits per heavy atom. The van der Waals surface area contributed by atoms with Gasteiger partial charge >= 0.3 is 0 Å². The van der Waals surface area contributed by atoms with E-state index in [9.17, 15) is 13.2 Å². The van der Waals surface area contributed by atoms with Crippen LogP contribution in [0, 0.1) is 0 Å². The lowest BCUT2D eigenvalue weighted by Crippen LogP contribution is -2.45. The van der Waals surface area contributed by atoms with E-state index in [2.05, 4.69) is 26.9 Å². The molecule has 2 aromatic carbocycles. The highest BCUT2D eigenvalue weighted by Crippen LogP contribution is 2.17. The van der Waals surface area contributed by atoms with E-state index in [1.54, 1.807) is 42.5 Å². The third-order valence-electron chi connectivity index (χ3n) is 4.96. The van der Waals surface area contributed by atoms with E-state index in [1.165, 1.54) is 12.1 Å². The molecule has 1 aliphatic rings. The molecule has 1 aliphatic heterocycles. The molecule has 156 valence electrons. The molecule has 1 fully saturated rings. The van der Waals surface area contributed by atoms with Crippen molar-refractivity contribution in [1.82, 2.24) is 15.1 Å². The Hall–Kier alpha value is -2.42. The second-order valence-electron chi connectivity index (χ2n) is 7.25. The van der Waals surface area contributed by atoms with Crippen molar-refractivity contribution < 1.29 is 13.2 Å². The van der Waals surface area contributed by atoms with Crippen molar-refractivity contribution in [3.05, 3.63) is 60.2 Å². The quantitative estimate of drug-likeness (QED) is 0.642. The number of sulfonamides is 1. The Morgan fingerprint density at radius 3 is 2.45 bits per heavy atom. The van der Waals surface area contributed by atoms with Gasteiger partial charge in [0.05, 0.1) is 4.90 Å². The molecule has 1 saturated heterocycles. The first-order chi connectivity index (χ1) is 13.9. The number of anilines is 1. The Balaban J connectivity index is 1.50. The molecule has 1 amide bonds. The van der Waals surface area contributed by atoms with E-state index in [4.69, 9.17) is 0 Å². The van der Waals surface area contributed by atoms with Gasteiger partial charge in [-0.2, -0.15) is 0 Å². The fourth-order valence-electron chi connectivity index (χ4n) is 3.22. The molecular weight excluding hydrogens is 388 g/mol. The molecule has 29 heavy (non-hydrogen) atoms. The first-order valence-corrected chi connectivity index (χ1v) is 11.3. The van der Waals surface area contributed by atoms with Gasteiger partial charge in [-0.3, -0.25) is 9.52 Å². The highest BCUT2D eigenvalue weighted by atomic mass is 32.2. The first kappa shape index (κ1) is 21.3. The van der Waals surface area contributed by atoms with E-state index in [-0.39, 0.29) is 10.8 Å². The maximum absolute atomic E-state index is 12.4. The van der Waals surface area contributed by atoms with E-state index >= 15 is 0 Å². The van der Waals surface area contributed by atoms with Crippen LogP contribution in [0.25, 0.3) is 0 Å². The van der Waals surface area contributed by atoms with E-state index in [1.807, 2.05) is 0 Å². The molecule has 1 heterocycles. The van der Waals surface area contributed by atoms with Gasteiger partial charge in [-0.15, -0.1) is 0 Å². The summed E-state index contributed by atoms with van der Waals surface area (Å²) in [7, 11) is -1.55. The number of amides is 1. The van der Waals surface area contributed by atoms with Crippen molar-refractivity contribution in [2.45, 2.75) is 11.3 Å². The van der Waals surface area contributed by atoms with Crippen LogP contribution in [0.2, 0.25) is 0 Å². The number of nitrogens with zero attached hydrogens (tertiary/aromatic N) is 2. The minimum atomic E-state index is -3.68. The zero-order valence-electron chi connectivity index (χ0n) is 16.7. The number of rotatable bonds is 8. The summed E-state index contributed by atoms with van der Waals surface area (Å²) in [6.07, 6.45) is 0.885. The first-order valence-electron chi connectivity index (χ1n) is 9.81. The molecule has 0 radical (unpaired) electrons. The molecule has 0 aliphatic carbocycles. The molecule has 8 heteroatoms. The van der Waals surface area contributed by atoms with Crippen molar-refractivity contribution in [2.24, 2.45) is 0 Å². The minimum Gasteiger partial charge on any atom is -0.352 e. The molecule has 2 aromatic rings. The SMILES string of the molecule is CN1CCN(CCCNC(=O)c2cccc(NS(=O)(=O)c3ccccc3)c2)CC1. The summed E-state index contributed by atoms with van der Waals surface area (Å²) in [5.74, 6) is -0.205. The lowest BCUT2D eigenvalue weighted by molar-refractivity contribution is 0.0949. The van der Waals surface area contributed by atoms with Crippen molar-refractivity contribution in [3.63, 3.8) is 0 Å². The summed E-state index contributed by atoms with van der Waals surface area (Å²) in [5, 5.41) is 2.92. The monoisotopic (exact) mass is 416 g/mol. The van der Waals surface area contributed by atoms with Crippen LogP contribution in [-0.4, -0.2) is 70.4 Å². The molecule has 3 rings (SSSR count). The summed E-state index contributed by atoms with van der Waals surface area (Å²) < 4.78 is 27.4. The zero-order chi connectivity index (χ0) is 20.7. The predicted octanol–water partition coefficient (Wildman–Crippen LogP) is 1.85. The zero-order valence-corrected chi connectivity index (χ0v) is 17.5. The van der Waals surface area contributed by atoms with Crippen molar-refractivity contribution in [2.75, 3.05) is 51.0 Å². The fraction of sp³-hybridized carbons (Fsp3) is 0.381. The summed E-state index contributed by atoms with van der Waals surface area (Å²) in [5.41, 5.74) is 0.789. The van der Waals surface area contributed by atoms with Gasteiger partial charge in [0.15, 0.2) is 0 Å². The number of likely N-dealkylation sites (N-methyl/N-ethyl adjacent to an activating group) is 1. The van der Waals surface area contributed by atoms with Gasteiger partial charge in [-0.25, -0.2) is 8.42 Å². The number of hydrogen-bond donors (Lipinski definition) is 2. The molecule has 2 N–H and O–H groups in total. The van der Waals surface area contributed by atoms with Gasteiger partial charge in [-0.05, 0) is 50.3 Å². The second kappa shape index (κ2) is 9.87. The van der Waals surface area contributed by atoms with Crippen molar-refractivity contribution >= 4 is 21.6 Å². The molecule has 0 aromatic heterocycles. The van der Waals surface area contributed by atoms with Gasteiger partial charge in [-0.1, -0.05) is 24.3 Å². The third-order valence-corrected chi connectivity index (χ3v) is 6.36. The lowest BCUT2D eigenvalue weighted by atomic mass is 10.2. The van der Waals surface area contributed by atoms with E-state index in [0.29, 0.717) is 17.8 Å². The highest BCUT2D eigenvalue weighted by Gasteiger charge is 2.15. The molecule has 0 unspecified atom stereocenters. The van der Waals surface area contributed by atoms with Crippen LogP contribution in [0.3, 0.4) is 0 Å². The standard InChI is InChI=1S/C21H28N4O3S/c1-24-13-15-25(16-14-24)12-6-11-22-21(26)18-7-5-8-19(17-18)23-29(27,28)20-9-3-2-4-10-20/h2-5,7-10,17,23H,6,11-16H2,1H3,(H,22,26). The van der Waals surface area contributed by atoms with Crippen LogP contribution < -0.4 is 10.0 Å². The molecule has 0 bridgehead atoms. The van der Waals surface area contributed by atoms with Gasteiger partial charge in [0, 0.05) is 44.0 Å². The largest absolute Gasteiger partial charge is 0.352 e. The Morgan fingerprint density at radius 2 is 1.72 bits per heavy atom. The van der Waals surface area contributed by atoms with Crippen LogP contribution in [-0.2, 0) is 10.0 Å². The predicted molar refractivity (Wildman–Crippen MR) is 115 cm³/mol. The molecular formula is C21H28N4O3S. The molecule has 0 saturated carbocycles.